The first kappa shape index (κ1) is 45.1. The number of halogens is 2. The Bertz CT molecular complexity index is 2730. The maximum Gasteiger partial charge on any atom is 0.283 e. The summed E-state index contributed by atoms with van der Waals surface area (Å²) in [5.74, 6) is -2.39. The molecule has 1 saturated heterocycles. The lowest BCUT2D eigenvalue weighted by Crippen LogP contribution is -2.46. The average Bonchev–Trinajstić information content (AvgIpc) is 4.13. The van der Waals surface area contributed by atoms with Crippen LogP contribution in [0.25, 0.3) is 44.2 Å². The Morgan fingerprint density at radius 1 is 0.800 bits per heavy atom. The number of aromatic amines is 2. The minimum Gasteiger partial charge on any atom is -0.341 e. The molecule has 10 nitrogen and oxygen atoms in total. The van der Waals surface area contributed by atoms with Crippen LogP contribution < -0.4 is 0 Å². The summed E-state index contributed by atoms with van der Waals surface area (Å²) in [5, 5.41) is 2.08. The molecule has 1 aliphatic rings. The van der Waals surface area contributed by atoms with Crippen molar-refractivity contribution in [1.82, 2.24) is 39.5 Å². The van der Waals surface area contributed by atoms with E-state index in [-0.39, 0.29) is 24.5 Å². The molecule has 12 heteroatoms. The van der Waals surface area contributed by atoms with Gasteiger partial charge in [0.25, 0.3) is 5.92 Å². The van der Waals surface area contributed by atoms with Gasteiger partial charge in [0.1, 0.15) is 23.7 Å². The van der Waals surface area contributed by atoms with Crippen LogP contribution in [0.3, 0.4) is 0 Å². The van der Waals surface area contributed by atoms with Crippen LogP contribution in [0, 0.1) is 0 Å². The maximum absolute atomic E-state index is 14.9. The molecule has 0 unspecified atom stereocenters. The van der Waals surface area contributed by atoms with Crippen molar-refractivity contribution in [3.05, 3.63) is 157 Å². The molecule has 1 aliphatic heterocycles. The van der Waals surface area contributed by atoms with Crippen LogP contribution in [0.1, 0.15) is 81.4 Å². The topological polar surface area (TPSA) is 104 Å². The van der Waals surface area contributed by atoms with E-state index in [4.69, 9.17) is 4.98 Å². The van der Waals surface area contributed by atoms with Crippen LogP contribution in [0.4, 0.5) is 8.78 Å². The zero-order valence-corrected chi connectivity index (χ0v) is 37.7. The molecule has 336 valence electrons. The van der Waals surface area contributed by atoms with Gasteiger partial charge >= 0.3 is 0 Å². The van der Waals surface area contributed by atoms with Crippen LogP contribution in [0.5, 0.6) is 0 Å². The lowest BCUT2D eigenvalue weighted by atomic mass is 9.99. The predicted molar refractivity (Wildman–Crippen MR) is 255 cm³/mol. The molecular formula is C53H58F2N8O2. The van der Waals surface area contributed by atoms with Crippen molar-refractivity contribution in [2.45, 2.75) is 71.1 Å². The Labute approximate surface area is 380 Å². The first-order valence-electron chi connectivity index (χ1n) is 22.8. The highest BCUT2D eigenvalue weighted by atomic mass is 19.3. The quantitative estimate of drug-likeness (QED) is 0.0832. The molecule has 0 radical (unpaired) electrons. The molecule has 3 atom stereocenters. The molecule has 0 saturated carbocycles. The minimum absolute atomic E-state index is 0.115. The molecule has 0 bridgehead atoms. The Morgan fingerprint density at radius 3 is 2.06 bits per heavy atom. The van der Waals surface area contributed by atoms with Gasteiger partial charge in [-0.15, -0.1) is 0 Å². The number of imidazole rings is 2. The number of fused-ring (bicyclic) bond motifs is 3. The van der Waals surface area contributed by atoms with E-state index in [1.807, 2.05) is 109 Å². The number of hydrogen-bond donors (Lipinski definition) is 2. The van der Waals surface area contributed by atoms with Crippen molar-refractivity contribution in [2.24, 2.45) is 0 Å². The summed E-state index contributed by atoms with van der Waals surface area (Å²) >= 11 is 0. The summed E-state index contributed by atoms with van der Waals surface area (Å²) in [6.07, 6.45) is 4.03. The van der Waals surface area contributed by atoms with E-state index in [1.165, 1.54) is 4.90 Å². The number of nitrogens with zero attached hydrogens (tertiary/aromatic N) is 6. The highest BCUT2D eigenvalue weighted by Crippen LogP contribution is 2.37. The van der Waals surface area contributed by atoms with Gasteiger partial charge in [-0.1, -0.05) is 137 Å². The van der Waals surface area contributed by atoms with Crippen LogP contribution in [-0.2, 0) is 16.1 Å². The molecule has 3 heterocycles. The van der Waals surface area contributed by atoms with Gasteiger partial charge in [-0.2, -0.15) is 0 Å². The summed E-state index contributed by atoms with van der Waals surface area (Å²) in [6.45, 7) is 13.9. The standard InChI is InChI=1S/C53H58F2N8O2/c1-6-53(54,55)35-62(51(64)48(60(7-2)8-3)38-18-13-11-14-19-38)34-46-56-33-44(57-46)37-25-23-36(24-26-37)40-27-29-42-41(32-40)28-30-43-47(42)59-50(58-43)45-22-17-31-63(45)52(65)49(61(9-4)10-5)39-20-15-12-16-21-39/h6,11-16,18-21,23-30,32-33,45,48-49H,1,7-10,17,22,31,34-35H2,2-5H3,(H,56,57)(H,58,59)/t45-,48+,49+/m0/s1. The molecule has 0 spiro atoms. The fraction of sp³-hybridized carbons (Fsp3) is 0.321. The zero-order valence-electron chi connectivity index (χ0n) is 37.7. The SMILES string of the molecule is C=CC(F)(F)CN(Cc1ncc(-c2ccc(-c3ccc4c(ccc5[nH]c([C@@H]6CCCN6C(=O)[C@@H](c6ccccc6)N(CC)CC)nc54)c3)cc2)[nH]1)C(=O)[C@@H](c1ccccc1)N(CC)CC. The van der Waals surface area contributed by atoms with E-state index in [0.29, 0.717) is 37.2 Å². The lowest BCUT2D eigenvalue weighted by Gasteiger charge is -2.34. The molecule has 1 fully saturated rings. The Morgan fingerprint density at radius 2 is 1.42 bits per heavy atom. The summed E-state index contributed by atoms with van der Waals surface area (Å²) in [5.41, 5.74) is 7.21. The number of H-pyrrole nitrogens is 2. The van der Waals surface area contributed by atoms with Crippen molar-refractivity contribution >= 4 is 33.6 Å². The van der Waals surface area contributed by atoms with Crippen LogP contribution in [-0.4, -0.2) is 96.5 Å². The maximum atomic E-state index is 14.9. The molecule has 0 aliphatic carbocycles. The van der Waals surface area contributed by atoms with Crippen molar-refractivity contribution in [3.63, 3.8) is 0 Å². The van der Waals surface area contributed by atoms with Gasteiger partial charge < -0.3 is 19.8 Å². The number of hydrogen-bond acceptors (Lipinski definition) is 6. The summed E-state index contributed by atoms with van der Waals surface area (Å²) in [6, 6.07) is 36.8. The second kappa shape index (κ2) is 19.7. The number of amides is 2. The fourth-order valence-corrected chi connectivity index (χ4v) is 9.41. The highest BCUT2D eigenvalue weighted by Gasteiger charge is 2.39. The normalized spacial score (nSPS) is 15.3. The number of nitrogens with one attached hydrogen (secondary N) is 2. The number of benzene rings is 5. The molecule has 2 amide bonds. The number of carbonyl (C=O) groups excluding carboxylic acids is 2. The van der Waals surface area contributed by atoms with E-state index in [9.17, 15) is 18.4 Å². The largest absolute Gasteiger partial charge is 0.341 e. The molecule has 65 heavy (non-hydrogen) atoms. The Kier molecular flexibility index (Phi) is 13.7. The molecule has 5 aromatic carbocycles. The number of rotatable bonds is 18. The van der Waals surface area contributed by atoms with Gasteiger partial charge in [0.2, 0.25) is 11.8 Å². The monoisotopic (exact) mass is 876 g/mol. The highest BCUT2D eigenvalue weighted by molar-refractivity contribution is 6.05. The predicted octanol–water partition coefficient (Wildman–Crippen LogP) is 10.8. The van der Waals surface area contributed by atoms with E-state index >= 15 is 0 Å². The van der Waals surface area contributed by atoms with E-state index in [0.717, 1.165) is 81.4 Å². The van der Waals surface area contributed by atoms with Crippen molar-refractivity contribution in [1.29, 1.82) is 0 Å². The van der Waals surface area contributed by atoms with Gasteiger partial charge in [-0.05, 0) is 90.4 Å². The van der Waals surface area contributed by atoms with Crippen LogP contribution in [0.2, 0.25) is 0 Å². The van der Waals surface area contributed by atoms with Crippen molar-refractivity contribution in [3.8, 4) is 22.4 Å². The van der Waals surface area contributed by atoms with Gasteiger partial charge in [0, 0.05) is 11.9 Å². The molecule has 2 aromatic heterocycles. The number of alkyl halides is 2. The van der Waals surface area contributed by atoms with Crippen molar-refractivity contribution in [2.75, 3.05) is 39.3 Å². The summed E-state index contributed by atoms with van der Waals surface area (Å²) < 4.78 is 29.9. The van der Waals surface area contributed by atoms with E-state index < -0.39 is 24.4 Å². The molecule has 7 aromatic rings. The van der Waals surface area contributed by atoms with Crippen LogP contribution in [0.15, 0.2) is 134 Å². The smallest absolute Gasteiger partial charge is 0.283 e. The third kappa shape index (κ3) is 9.51. The number of aromatic nitrogens is 4. The van der Waals surface area contributed by atoms with E-state index in [2.05, 4.69) is 70.6 Å². The van der Waals surface area contributed by atoms with Gasteiger partial charge in [-0.25, -0.2) is 18.7 Å². The first-order chi connectivity index (χ1) is 31.6. The zero-order chi connectivity index (χ0) is 45.7. The van der Waals surface area contributed by atoms with Crippen LogP contribution >= 0.6 is 0 Å². The molecular weight excluding hydrogens is 819 g/mol. The third-order valence-electron chi connectivity index (χ3n) is 12.9. The van der Waals surface area contributed by atoms with Gasteiger partial charge in [-0.3, -0.25) is 19.4 Å². The Hall–Kier alpha value is -6.50. The average molecular weight is 877 g/mol. The lowest BCUT2D eigenvalue weighted by molar-refractivity contribution is -0.142. The van der Waals surface area contributed by atoms with Crippen molar-refractivity contribution < 1.29 is 18.4 Å². The number of likely N-dealkylation sites (N-methyl/N-ethyl adjacent to an activating group) is 2. The molecule has 8 rings (SSSR count). The second-order valence-electron chi connectivity index (χ2n) is 16.8. The fourth-order valence-electron chi connectivity index (χ4n) is 9.41. The summed E-state index contributed by atoms with van der Waals surface area (Å²) in [7, 11) is 0. The van der Waals surface area contributed by atoms with E-state index in [1.54, 1.807) is 6.20 Å². The first-order valence-corrected chi connectivity index (χ1v) is 22.8. The molecule has 2 N–H and O–H groups in total. The Balaban J connectivity index is 1.00. The summed E-state index contributed by atoms with van der Waals surface area (Å²) in [4.78, 5) is 52.6. The van der Waals surface area contributed by atoms with Gasteiger partial charge in [0.15, 0.2) is 0 Å². The second-order valence-corrected chi connectivity index (χ2v) is 16.8. The number of carbonyl (C=O) groups is 2. The number of likely N-dealkylation sites (tertiary alicyclic amines) is 1. The van der Waals surface area contributed by atoms with Gasteiger partial charge in [0.05, 0.1) is 42.1 Å². The minimum atomic E-state index is -3.29. The third-order valence-corrected chi connectivity index (χ3v) is 12.9.